The lowest BCUT2D eigenvalue weighted by Crippen LogP contribution is -2.24. The van der Waals surface area contributed by atoms with E-state index < -0.39 is 17.7 Å². The molecule has 0 saturated carbocycles. The van der Waals surface area contributed by atoms with Crippen LogP contribution < -0.4 is 9.64 Å². The molecule has 9 heteroatoms. The number of alkyl halides is 3. The van der Waals surface area contributed by atoms with Gasteiger partial charge in [0.05, 0.1) is 12.2 Å². The predicted octanol–water partition coefficient (Wildman–Crippen LogP) is 3.10. The SMILES string of the molecule is O=C(O)c1ccnc(N2CCC(COc3ccccc3C(F)(F)F)C2)n1. The normalized spacial score (nSPS) is 17.3. The molecule has 1 fully saturated rings. The van der Waals surface area contributed by atoms with Crippen LogP contribution in [0, 0.1) is 5.92 Å². The minimum atomic E-state index is -4.47. The van der Waals surface area contributed by atoms with Crippen molar-refractivity contribution in [1.29, 1.82) is 0 Å². The Morgan fingerprint density at radius 2 is 2.08 bits per heavy atom. The van der Waals surface area contributed by atoms with E-state index in [4.69, 9.17) is 9.84 Å². The average Bonchev–Trinajstić information content (AvgIpc) is 3.08. The quantitative estimate of drug-likeness (QED) is 0.875. The van der Waals surface area contributed by atoms with Crippen LogP contribution in [0.4, 0.5) is 19.1 Å². The third-order valence-corrected chi connectivity index (χ3v) is 4.10. The number of para-hydroxylation sites is 1. The molecule has 0 aliphatic carbocycles. The van der Waals surface area contributed by atoms with Crippen molar-refractivity contribution in [3.8, 4) is 5.75 Å². The number of ether oxygens (including phenoxy) is 1. The van der Waals surface area contributed by atoms with Crippen molar-refractivity contribution in [3.05, 3.63) is 47.8 Å². The first-order valence-corrected chi connectivity index (χ1v) is 7.95. The molecule has 1 aliphatic heterocycles. The van der Waals surface area contributed by atoms with Gasteiger partial charge in [0.1, 0.15) is 5.75 Å². The Labute approximate surface area is 147 Å². The number of carboxylic acids is 1. The van der Waals surface area contributed by atoms with E-state index in [0.29, 0.717) is 25.5 Å². The molecule has 0 spiro atoms. The standard InChI is InChI=1S/C17H16F3N3O3/c18-17(19,20)12-3-1-2-4-14(12)26-10-11-6-8-23(9-11)16-21-7-5-13(22-16)15(24)25/h1-5,7,11H,6,8-10H2,(H,24,25). The number of anilines is 1. The molecule has 1 aliphatic rings. The first-order valence-electron chi connectivity index (χ1n) is 7.95. The zero-order valence-corrected chi connectivity index (χ0v) is 13.6. The molecule has 3 rings (SSSR count). The van der Waals surface area contributed by atoms with Gasteiger partial charge in [-0.05, 0) is 24.6 Å². The summed E-state index contributed by atoms with van der Waals surface area (Å²) in [5.41, 5.74) is -0.902. The number of nitrogens with zero attached hydrogens (tertiary/aromatic N) is 3. The van der Waals surface area contributed by atoms with Crippen molar-refractivity contribution in [2.45, 2.75) is 12.6 Å². The Morgan fingerprint density at radius 1 is 1.31 bits per heavy atom. The maximum absolute atomic E-state index is 13.0. The molecule has 1 aromatic heterocycles. The van der Waals surface area contributed by atoms with Crippen molar-refractivity contribution >= 4 is 11.9 Å². The number of carboxylic acid groups (broad SMARTS) is 1. The summed E-state index contributed by atoms with van der Waals surface area (Å²) in [4.78, 5) is 20.8. The molecule has 0 amide bonds. The van der Waals surface area contributed by atoms with Crippen LogP contribution >= 0.6 is 0 Å². The molecule has 6 nitrogen and oxygen atoms in total. The molecule has 2 aromatic rings. The van der Waals surface area contributed by atoms with E-state index >= 15 is 0 Å². The summed E-state index contributed by atoms with van der Waals surface area (Å²) >= 11 is 0. The summed E-state index contributed by atoms with van der Waals surface area (Å²) in [6, 6.07) is 6.41. The van der Waals surface area contributed by atoms with Crippen LogP contribution in [0.25, 0.3) is 0 Å². The molecule has 2 heterocycles. The molecule has 0 radical (unpaired) electrons. The highest BCUT2D eigenvalue weighted by Gasteiger charge is 2.34. The van der Waals surface area contributed by atoms with Gasteiger partial charge in [0, 0.05) is 25.2 Å². The van der Waals surface area contributed by atoms with Gasteiger partial charge in [-0.1, -0.05) is 12.1 Å². The fraction of sp³-hybridized carbons (Fsp3) is 0.353. The summed E-state index contributed by atoms with van der Waals surface area (Å²) in [6.07, 6.45) is -2.41. The van der Waals surface area contributed by atoms with Crippen LogP contribution in [-0.2, 0) is 6.18 Å². The summed E-state index contributed by atoms with van der Waals surface area (Å²) in [5.74, 6) is -1.05. The van der Waals surface area contributed by atoms with Crippen LogP contribution in [0.15, 0.2) is 36.5 Å². The zero-order valence-electron chi connectivity index (χ0n) is 13.6. The van der Waals surface area contributed by atoms with Gasteiger partial charge in [-0.25, -0.2) is 14.8 Å². The maximum atomic E-state index is 13.0. The third kappa shape index (κ3) is 4.04. The van der Waals surface area contributed by atoms with E-state index in [-0.39, 0.29) is 24.0 Å². The molecule has 1 N–H and O–H groups in total. The van der Waals surface area contributed by atoms with Crippen LogP contribution in [-0.4, -0.2) is 40.7 Å². The highest BCUT2D eigenvalue weighted by molar-refractivity contribution is 5.85. The van der Waals surface area contributed by atoms with Crippen molar-refractivity contribution in [1.82, 2.24) is 9.97 Å². The number of aromatic carboxylic acids is 1. The number of halogens is 3. The van der Waals surface area contributed by atoms with Crippen molar-refractivity contribution in [2.24, 2.45) is 5.92 Å². The Balaban J connectivity index is 1.63. The first-order chi connectivity index (χ1) is 12.3. The van der Waals surface area contributed by atoms with Crippen molar-refractivity contribution < 1.29 is 27.8 Å². The summed E-state index contributed by atoms with van der Waals surface area (Å²) in [7, 11) is 0. The fourth-order valence-electron chi connectivity index (χ4n) is 2.80. The second kappa shape index (κ2) is 7.19. The molecular formula is C17H16F3N3O3. The molecule has 1 aromatic carbocycles. The van der Waals surface area contributed by atoms with Gasteiger partial charge in [0.2, 0.25) is 5.95 Å². The molecule has 1 unspecified atom stereocenters. The molecule has 1 atom stereocenters. The van der Waals surface area contributed by atoms with Gasteiger partial charge in [0.25, 0.3) is 0 Å². The number of hydrogen-bond acceptors (Lipinski definition) is 5. The van der Waals surface area contributed by atoms with Gasteiger partial charge >= 0.3 is 12.1 Å². The number of benzene rings is 1. The van der Waals surface area contributed by atoms with Crippen LogP contribution in [0.5, 0.6) is 5.75 Å². The highest BCUT2D eigenvalue weighted by Crippen LogP contribution is 2.36. The topological polar surface area (TPSA) is 75.5 Å². The molecule has 1 saturated heterocycles. The average molecular weight is 367 g/mol. The minimum absolute atomic E-state index is 0.00614. The Morgan fingerprint density at radius 3 is 2.81 bits per heavy atom. The Bertz CT molecular complexity index is 798. The van der Waals surface area contributed by atoms with E-state index in [1.807, 2.05) is 0 Å². The van der Waals surface area contributed by atoms with Gasteiger partial charge in [0.15, 0.2) is 5.69 Å². The molecular weight excluding hydrogens is 351 g/mol. The van der Waals surface area contributed by atoms with Gasteiger partial charge in [-0.2, -0.15) is 13.2 Å². The van der Waals surface area contributed by atoms with Crippen molar-refractivity contribution in [2.75, 3.05) is 24.6 Å². The van der Waals surface area contributed by atoms with E-state index in [0.717, 1.165) is 6.07 Å². The predicted molar refractivity (Wildman–Crippen MR) is 86.3 cm³/mol. The lowest BCUT2D eigenvalue weighted by Gasteiger charge is -2.18. The minimum Gasteiger partial charge on any atom is -0.493 e. The lowest BCUT2D eigenvalue weighted by atomic mass is 10.1. The number of carbonyl (C=O) groups is 1. The van der Waals surface area contributed by atoms with Crippen LogP contribution in [0.2, 0.25) is 0 Å². The van der Waals surface area contributed by atoms with Crippen LogP contribution in [0.1, 0.15) is 22.5 Å². The van der Waals surface area contributed by atoms with Gasteiger partial charge < -0.3 is 14.7 Å². The summed E-state index contributed by atoms with van der Waals surface area (Å²) < 4.78 is 44.4. The third-order valence-electron chi connectivity index (χ3n) is 4.10. The largest absolute Gasteiger partial charge is 0.493 e. The van der Waals surface area contributed by atoms with Crippen molar-refractivity contribution in [3.63, 3.8) is 0 Å². The smallest absolute Gasteiger partial charge is 0.419 e. The molecule has 0 bridgehead atoms. The Hall–Kier alpha value is -2.84. The maximum Gasteiger partial charge on any atom is 0.419 e. The van der Waals surface area contributed by atoms with E-state index in [9.17, 15) is 18.0 Å². The van der Waals surface area contributed by atoms with Crippen LogP contribution in [0.3, 0.4) is 0 Å². The summed E-state index contributed by atoms with van der Waals surface area (Å²) in [5, 5.41) is 8.99. The number of aromatic nitrogens is 2. The van der Waals surface area contributed by atoms with E-state index in [1.165, 1.54) is 30.5 Å². The fourth-order valence-corrected chi connectivity index (χ4v) is 2.80. The van der Waals surface area contributed by atoms with E-state index in [2.05, 4.69) is 9.97 Å². The number of rotatable bonds is 5. The molecule has 138 valence electrons. The second-order valence-corrected chi connectivity index (χ2v) is 5.95. The first kappa shape index (κ1) is 18.0. The lowest BCUT2D eigenvalue weighted by molar-refractivity contribution is -0.139. The van der Waals surface area contributed by atoms with E-state index in [1.54, 1.807) is 4.90 Å². The monoisotopic (exact) mass is 367 g/mol. The number of hydrogen-bond donors (Lipinski definition) is 1. The summed E-state index contributed by atoms with van der Waals surface area (Å²) in [6.45, 7) is 1.19. The molecule has 26 heavy (non-hydrogen) atoms. The second-order valence-electron chi connectivity index (χ2n) is 5.95. The Kier molecular flexibility index (Phi) is 4.97. The van der Waals surface area contributed by atoms with Gasteiger partial charge in [-0.3, -0.25) is 0 Å². The van der Waals surface area contributed by atoms with Gasteiger partial charge in [-0.15, -0.1) is 0 Å². The zero-order chi connectivity index (χ0) is 18.7. The highest BCUT2D eigenvalue weighted by atomic mass is 19.4.